The second-order valence-electron chi connectivity index (χ2n) is 8.90. The lowest BCUT2D eigenvalue weighted by atomic mass is 9.86. The molecule has 6 nitrogen and oxygen atoms in total. The molecule has 4 rings (SSSR count). The first-order valence-electron chi connectivity index (χ1n) is 10.3. The lowest BCUT2D eigenvalue weighted by Gasteiger charge is -2.24. The van der Waals surface area contributed by atoms with Gasteiger partial charge in [0.15, 0.2) is 5.13 Å². The van der Waals surface area contributed by atoms with Gasteiger partial charge in [-0.25, -0.2) is 4.98 Å². The monoisotopic (exact) mass is 434 g/mol. The van der Waals surface area contributed by atoms with E-state index in [9.17, 15) is 9.59 Å². The lowest BCUT2D eigenvalue weighted by Crippen LogP contribution is -2.30. The number of hydrogen-bond acceptors (Lipinski definition) is 5. The van der Waals surface area contributed by atoms with E-state index in [0.717, 1.165) is 16.8 Å². The van der Waals surface area contributed by atoms with Gasteiger partial charge in [0.25, 0.3) is 0 Å². The molecule has 1 aromatic carbocycles. The van der Waals surface area contributed by atoms with Crippen LogP contribution < -0.4 is 5.32 Å². The van der Waals surface area contributed by atoms with Crippen LogP contribution in [0.1, 0.15) is 44.4 Å². The third kappa shape index (κ3) is 4.37. The quantitative estimate of drug-likeness (QED) is 0.648. The lowest BCUT2D eigenvalue weighted by molar-refractivity contribution is -0.127. The van der Waals surface area contributed by atoms with Crippen LogP contribution in [0.2, 0.25) is 0 Å². The van der Waals surface area contributed by atoms with Crippen molar-refractivity contribution < 1.29 is 9.59 Å². The molecule has 1 aliphatic rings. The van der Waals surface area contributed by atoms with Gasteiger partial charge in [0.2, 0.25) is 11.8 Å². The molecule has 1 saturated heterocycles. The minimum Gasteiger partial charge on any atom is -0.338 e. The van der Waals surface area contributed by atoms with Crippen LogP contribution in [0.3, 0.4) is 0 Å². The van der Waals surface area contributed by atoms with Gasteiger partial charge in [0.05, 0.1) is 17.7 Å². The Labute approximate surface area is 186 Å². The number of benzene rings is 1. The Morgan fingerprint density at radius 1 is 1.19 bits per heavy atom. The van der Waals surface area contributed by atoms with Crippen LogP contribution in [0.15, 0.2) is 54.2 Å². The van der Waals surface area contributed by atoms with Crippen LogP contribution in [0.25, 0.3) is 11.3 Å². The van der Waals surface area contributed by atoms with Crippen LogP contribution in [0.4, 0.5) is 5.13 Å². The highest BCUT2D eigenvalue weighted by Gasteiger charge is 2.43. The SMILES string of the molecule is CN1C(=O)CC(C(=O)Nc2nc(-c3ccc(C(C)(C)C)cc3)cs2)C1c1cccnc1. The molecule has 3 heterocycles. The number of rotatable bonds is 4. The van der Waals surface area contributed by atoms with E-state index in [1.165, 1.54) is 16.9 Å². The van der Waals surface area contributed by atoms with E-state index in [0.29, 0.717) is 5.13 Å². The van der Waals surface area contributed by atoms with Gasteiger partial charge in [-0.15, -0.1) is 11.3 Å². The molecule has 0 bridgehead atoms. The van der Waals surface area contributed by atoms with E-state index in [2.05, 4.69) is 60.3 Å². The second kappa shape index (κ2) is 8.23. The van der Waals surface area contributed by atoms with Gasteiger partial charge in [0, 0.05) is 36.8 Å². The Kier molecular flexibility index (Phi) is 5.62. The number of carbonyl (C=O) groups is 2. The van der Waals surface area contributed by atoms with Gasteiger partial charge < -0.3 is 10.2 Å². The zero-order chi connectivity index (χ0) is 22.2. The van der Waals surface area contributed by atoms with Crippen LogP contribution in [0.5, 0.6) is 0 Å². The first-order chi connectivity index (χ1) is 14.7. The molecule has 31 heavy (non-hydrogen) atoms. The molecule has 1 fully saturated rings. The molecule has 0 spiro atoms. The summed E-state index contributed by atoms with van der Waals surface area (Å²) in [4.78, 5) is 35.7. The third-order valence-electron chi connectivity index (χ3n) is 5.73. The summed E-state index contributed by atoms with van der Waals surface area (Å²) < 4.78 is 0. The van der Waals surface area contributed by atoms with Gasteiger partial charge >= 0.3 is 0 Å². The van der Waals surface area contributed by atoms with Crippen molar-refractivity contribution in [1.82, 2.24) is 14.9 Å². The molecular formula is C24H26N4O2S. The molecule has 1 aliphatic heterocycles. The summed E-state index contributed by atoms with van der Waals surface area (Å²) in [5.41, 5.74) is 4.04. The van der Waals surface area contributed by atoms with Gasteiger partial charge in [-0.2, -0.15) is 0 Å². The summed E-state index contributed by atoms with van der Waals surface area (Å²) in [6, 6.07) is 11.7. The number of nitrogens with zero attached hydrogens (tertiary/aromatic N) is 3. The molecule has 0 radical (unpaired) electrons. The van der Waals surface area contributed by atoms with E-state index < -0.39 is 5.92 Å². The van der Waals surface area contributed by atoms with E-state index in [-0.39, 0.29) is 29.7 Å². The fourth-order valence-corrected chi connectivity index (χ4v) is 4.64. The largest absolute Gasteiger partial charge is 0.338 e. The Morgan fingerprint density at radius 3 is 2.58 bits per heavy atom. The number of amides is 2. The van der Waals surface area contributed by atoms with E-state index in [1.54, 1.807) is 24.3 Å². The van der Waals surface area contributed by atoms with E-state index >= 15 is 0 Å². The minimum atomic E-state index is -0.486. The number of aromatic nitrogens is 2. The normalized spacial score (nSPS) is 19.0. The highest BCUT2D eigenvalue weighted by Crippen LogP contribution is 2.38. The molecule has 0 aliphatic carbocycles. The summed E-state index contributed by atoms with van der Waals surface area (Å²) >= 11 is 1.39. The van der Waals surface area contributed by atoms with Crippen molar-refractivity contribution in [3.05, 3.63) is 65.3 Å². The molecule has 2 amide bonds. The topological polar surface area (TPSA) is 75.2 Å². The predicted molar refractivity (Wildman–Crippen MR) is 123 cm³/mol. The van der Waals surface area contributed by atoms with Crippen molar-refractivity contribution in [3.63, 3.8) is 0 Å². The van der Waals surface area contributed by atoms with Gasteiger partial charge in [0.1, 0.15) is 0 Å². The molecule has 2 unspecified atom stereocenters. The molecule has 3 aromatic rings. The number of nitrogens with one attached hydrogen (secondary N) is 1. The Hall–Kier alpha value is -3.06. The van der Waals surface area contributed by atoms with Gasteiger partial charge in [-0.05, 0) is 22.6 Å². The number of anilines is 1. The van der Waals surface area contributed by atoms with Crippen molar-refractivity contribution in [2.24, 2.45) is 5.92 Å². The highest BCUT2D eigenvalue weighted by atomic mass is 32.1. The summed E-state index contributed by atoms with van der Waals surface area (Å²) in [5, 5.41) is 5.39. The van der Waals surface area contributed by atoms with Crippen LogP contribution in [-0.4, -0.2) is 33.7 Å². The molecule has 0 saturated carbocycles. The maximum absolute atomic E-state index is 13.0. The summed E-state index contributed by atoms with van der Waals surface area (Å²) in [7, 11) is 1.73. The Balaban J connectivity index is 1.50. The van der Waals surface area contributed by atoms with E-state index in [1.807, 2.05) is 17.5 Å². The number of pyridine rings is 1. The van der Waals surface area contributed by atoms with Gasteiger partial charge in [-0.3, -0.25) is 14.6 Å². The number of carbonyl (C=O) groups excluding carboxylic acids is 2. The smallest absolute Gasteiger partial charge is 0.232 e. The van der Waals surface area contributed by atoms with Crippen molar-refractivity contribution in [3.8, 4) is 11.3 Å². The van der Waals surface area contributed by atoms with Crippen molar-refractivity contribution in [2.75, 3.05) is 12.4 Å². The molecule has 160 valence electrons. The van der Waals surface area contributed by atoms with Crippen molar-refractivity contribution in [2.45, 2.75) is 38.6 Å². The summed E-state index contributed by atoms with van der Waals surface area (Å²) in [6.45, 7) is 6.55. The number of likely N-dealkylation sites (tertiary alicyclic amines) is 1. The van der Waals surface area contributed by atoms with Crippen LogP contribution in [-0.2, 0) is 15.0 Å². The fourth-order valence-electron chi connectivity index (χ4n) is 3.91. The Morgan fingerprint density at radius 2 is 1.94 bits per heavy atom. The number of thiazole rings is 1. The maximum Gasteiger partial charge on any atom is 0.232 e. The highest BCUT2D eigenvalue weighted by molar-refractivity contribution is 7.14. The summed E-state index contributed by atoms with van der Waals surface area (Å²) in [6.07, 6.45) is 3.57. The maximum atomic E-state index is 13.0. The second-order valence-corrected chi connectivity index (χ2v) is 9.76. The molecule has 2 aromatic heterocycles. The average molecular weight is 435 g/mol. The summed E-state index contributed by atoms with van der Waals surface area (Å²) in [5.74, 6) is -0.733. The molecule has 7 heteroatoms. The third-order valence-corrected chi connectivity index (χ3v) is 6.49. The van der Waals surface area contributed by atoms with Crippen LogP contribution >= 0.6 is 11.3 Å². The Bertz CT molecular complexity index is 1090. The molecule has 2 atom stereocenters. The van der Waals surface area contributed by atoms with Crippen molar-refractivity contribution in [1.29, 1.82) is 0 Å². The zero-order valence-electron chi connectivity index (χ0n) is 18.1. The fraction of sp³-hybridized carbons (Fsp3) is 0.333. The minimum absolute atomic E-state index is 0.0484. The van der Waals surface area contributed by atoms with E-state index in [4.69, 9.17) is 0 Å². The molecular weight excluding hydrogens is 408 g/mol. The first kappa shape index (κ1) is 21.2. The van der Waals surface area contributed by atoms with Gasteiger partial charge in [-0.1, -0.05) is 51.1 Å². The van der Waals surface area contributed by atoms with Crippen LogP contribution in [0, 0.1) is 5.92 Å². The zero-order valence-corrected chi connectivity index (χ0v) is 18.9. The molecule has 1 N–H and O–H groups in total. The number of hydrogen-bond donors (Lipinski definition) is 1. The average Bonchev–Trinajstić information content (AvgIpc) is 3.33. The predicted octanol–water partition coefficient (Wildman–Crippen LogP) is 4.66. The first-order valence-corrected chi connectivity index (χ1v) is 11.1. The van der Waals surface area contributed by atoms with Crippen molar-refractivity contribution >= 4 is 28.3 Å². The standard InChI is InChI=1S/C24H26N4O2S/c1-24(2,3)17-9-7-15(8-10-17)19-14-31-23(26-19)27-22(30)18-12-20(29)28(4)21(18)16-6-5-11-25-13-16/h5-11,13-14,18,21H,12H2,1-4H3,(H,26,27,30).